The normalized spacial score (nSPS) is 26.0. The Bertz CT molecular complexity index is 1020. The third-order valence-electron chi connectivity index (χ3n) is 6.76. The summed E-state index contributed by atoms with van der Waals surface area (Å²) in [6, 6.07) is 6.28. The van der Waals surface area contributed by atoms with Gasteiger partial charge in [-0.25, -0.2) is 16.8 Å². The highest BCUT2D eigenvalue weighted by atomic mass is 32.2. The van der Waals surface area contributed by atoms with Gasteiger partial charge in [0.1, 0.15) is 0 Å². The van der Waals surface area contributed by atoms with Crippen LogP contribution in [-0.4, -0.2) is 93.7 Å². The van der Waals surface area contributed by atoms with Crippen molar-refractivity contribution in [3.8, 4) is 0 Å². The molecule has 3 saturated heterocycles. The molecular weight excluding hydrogens is 438 g/mol. The van der Waals surface area contributed by atoms with Crippen molar-refractivity contribution in [2.24, 2.45) is 0 Å². The van der Waals surface area contributed by atoms with Gasteiger partial charge in [-0.15, -0.1) is 0 Å². The monoisotopic (exact) mass is 469 g/mol. The molecule has 0 spiro atoms. The summed E-state index contributed by atoms with van der Waals surface area (Å²) >= 11 is 0. The van der Waals surface area contributed by atoms with Gasteiger partial charge >= 0.3 is 0 Å². The first-order chi connectivity index (χ1) is 14.7. The van der Waals surface area contributed by atoms with Crippen LogP contribution in [0.3, 0.4) is 0 Å². The molecule has 3 fully saturated rings. The summed E-state index contributed by atoms with van der Waals surface area (Å²) in [6.45, 7) is 4.01. The summed E-state index contributed by atoms with van der Waals surface area (Å²) in [6.07, 6.45) is 5.89. The molecule has 1 unspecified atom stereocenters. The highest BCUT2D eigenvalue weighted by molar-refractivity contribution is 7.91. The van der Waals surface area contributed by atoms with Gasteiger partial charge in [0.25, 0.3) is 5.91 Å². The third-order valence-corrected chi connectivity index (χ3v) is 10.2. The van der Waals surface area contributed by atoms with Crippen molar-refractivity contribution in [3.05, 3.63) is 29.8 Å². The van der Waals surface area contributed by atoms with Crippen LogP contribution in [0, 0.1) is 0 Å². The minimum absolute atomic E-state index is 0.0200. The Morgan fingerprint density at radius 3 is 2.23 bits per heavy atom. The zero-order valence-corrected chi connectivity index (χ0v) is 19.6. The van der Waals surface area contributed by atoms with Gasteiger partial charge in [-0.2, -0.15) is 4.31 Å². The van der Waals surface area contributed by atoms with E-state index in [1.54, 1.807) is 12.1 Å². The Labute approximate surface area is 185 Å². The molecule has 10 heteroatoms. The molecule has 0 N–H and O–H groups in total. The number of sulfonamides is 1. The van der Waals surface area contributed by atoms with Gasteiger partial charge < -0.3 is 9.80 Å². The third kappa shape index (κ3) is 4.81. The van der Waals surface area contributed by atoms with Crippen molar-refractivity contribution in [1.82, 2.24) is 14.1 Å². The first kappa shape index (κ1) is 22.7. The van der Waals surface area contributed by atoms with Gasteiger partial charge in [0.2, 0.25) is 10.0 Å². The Morgan fingerprint density at radius 2 is 1.61 bits per heavy atom. The topological polar surface area (TPSA) is 95.1 Å². The van der Waals surface area contributed by atoms with E-state index in [0.717, 1.165) is 45.3 Å². The molecule has 172 valence electrons. The highest BCUT2D eigenvalue weighted by Gasteiger charge is 2.37. The van der Waals surface area contributed by atoms with Gasteiger partial charge in [0.15, 0.2) is 9.84 Å². The molecule has 0 bridgehead atoms. The predicted molar refractivity (Wildman–Crippen MR) is 118 cm³/mol. The maximum atomic E-state index is 13.1. The van der Waals surface area contributed by atoms with E-state index in [1.165, 1.54) is 29.3 Å². The van der Waals surface area contributed by atoms with Crippen LogP contribution >= 0.6 is 0 Å². The molecule has 2 atom stereocenters. The van der Waals surface area contributed by atoms with E-state index in [0.29, 0.717) is 12.0 Å². The molecule has 0 saturated carbocycles. The van der Waals surface area contributed by atoms with Crippen molar-refractivity contribution in [2.45, 2.75) is 48.3 Å². The zero-order chi connectivity index (χ0) is 22.2. The van der Waals surface area contributed by atoms with Gasteiger partial charge in [-0.1, -0.05) is 0 Å². The second-order valence-corrected chi connectivity index (χ2v) is 13.2. The fraction of sp³-hybridized carbons (Fsp3) is 0.667. The lowest BCUT2D eigenvalue weighted by molar-refractivity contribution is 0.0708. The molecule has 3 aliphatic heterocycles. The molecule has 4 rings (SSSR count). The smallest absolute Gasteiger partial charge is 0.254 e. The summed E-state index contributed by atoms with van der Waals surface area (Å²) in [5, 5.41) is -0.661. The fourth-order valence-corrected chi connectivity index (χ4v) is 7.48. The number of sulfone groups is 1. The predicted octanol–water partition coefficient (Wildman–Crippen LogP) is 1.19. The lowest BCUT2D eigenvalue weighted by Crippen LogP contribution is -2.42. The number of likely N-dealkylation sites (tertiary alicyclic amines) is 2. The minimum Gasteiger partial charge on any atom is -0.334 e. The number of carbonyl (C=O) groups excluding carboxylic acids is 1. The van der Waals surface area contributed by atoms with Crippen LogP contribution in [0.1, 0.15) is 42.5 Å². The molecule has 8 nitrogen and oxygen atoms in total. The summed E-state index contributed by atoms with van der Waals surface area (Å²) in [4.78, 5) is 17.5. The number of hydrogen-bond donors (Lipinski definition) is 0. The fourth-order valence-electron chi connectivity index (χ4n) is 4.91. The van der Waals surface area contributed by atoms with Crippen molar-refractivity contribution in [1.29, 1.82) is 0 Å². The Balaban J connectivity index is 1.44. The SMILES string of the molecule is CS(=O)(=O)C1CCN(S(=O)(=O)c2ccc(C(=O)N3CCC[C@H]3CN3CCCC3)cc2)C1. The van der Waals surface area contributed by atoms with Crippen LogP contribution in [0.25, 0.3) is 0 Å². The average molecular weight is 470 g/mol. The van der Waals surface area contributed by atoms with Crippen LogP contribution < -0.4 is 0 Å². The molecule has 3 heterocycles. The Hall–Kier alpha value is -1.49. The Morgan fingerprint density at radius 1 is 0.935 bits per heavy atom. The first-order valence-electron chi connectivity index (χ1n) is 11.0. The molecule has 31 heavy (non-hydrogen) atoms. The number of amides is 1. The van der Waals surface area contributed by atoms with Crippen molar-refractivity contribution in [2.75, 3.05) is 45.5 Å². The molecule has 0 aromatic heterocycles. The minimum atomic E-state index is -3.78. The molecule has 0 aliphatic carbocycles. The number of carbonyl (C=O) groups is 1. The van der Waals surface area contributed by atoms with Crippen LogP contribution in [-0.2, 0) is 19.9 Å². The number of nitrogens with zero attached hydrogens (tertiary/aromatic N) is 3. The second-order valence-electron chi connectivity index (χ2n) is 8.93. The van der Waals surface area contributed by atoms with Gasteiger partial charge in [-0.3, -0.25) is 4.79 Å². The van der Waals surface area contributed by atoms with E-state index in [1.807, 2.05) is 4.90 Å². The van der Waals surface area contributed by atoms with E-state index in [9.17, 15) is 21.6 Å². The molecule has 1 aromatic rings. The zero-order valence-electron chi connectivity index (χ0n) is 17.9. The van der Waals surface area contributed by atoms with Gasteiger partial charge in [0, 0.05) is 44.0 Å². The van der Waals surface area contributed by atoms with Gasteiger partial charge in [0.05, 0.1) is 10.1 Å². The van der Waals surface area contributed by atoms with Crippen LogP contribution in [0.5, 0.6) is 0 Å². The lowest BCUT2D eigenvalue weighted by atomic mass is 10.1. The maximum absolute atomic E-state index is 13.1. The van der Waals surface area contributed by atoms with Gasteiger partial charge in [-0.05, 0) is 69.5 Å². The Kier molecular flexibility index (Phi) is 6.44. The quantitative estimate of drug-likeness (QED) is 0.621. The van der Waals surface area contributed by atoms with Crippen LogP contribution in [0.4, 0.5) is 0 Å². The molecule has 3 aliphatic rings. The number of rotatable bonds is 6. The van der Waals surface area contributed by atoms with Crippen molar-refractivity contribution < 1.29 is 21.6 Å². The van der Waals surface area contributed by atoms with E-state index < -0.39 is 25.1 Å². The second kappa shape index (κ2) is 8.80. The number of benzene rings is 1. The molecule has 1 aromatic carbocycles. The van der Waals surface area contributed by atoms with E-state index >= 15 is 0 Å². The maximum Gasteiger partial charge on any atom is 0.254 e. The summed E-state index contributed by atoms with van der Waals surface area (Å²) < 4.78 is 50.6. The van der Waals surface area contributed by atoms with E-state index in [2.05, 4.69) is 4.90 Å². The molecule has 1 amide bonds. The summed E-state index contributed by atoms with van der Waals surface area (Å²) in [7, 11) is -7.06. The summed E-state index contributed by atoms with van der Waals surface area (Å²) in [5.74, 6) is -0.0519. The van der Waals surface area contributed by atoms with E-state index in [4.69, 9.17) is 0 Å². The van der Waals surface area contributed by atoms with E-state index in [-0.39, 0.29) is 29.9 Å². The standard InChI is InChI=1S/C21H31N3O5S2/c1-30(26,27)20-10-14-23(16-20)31(28,29)19-8-6-17(7-9-19)21(25)24-13-4-5-18(24)15-22-11-2-3-12-22/h6-9,18,20H,2-5,10-16H2,1H3/t18-,20?/m0/s1. The molecule has 0 radical (unpaired) electrons. The van der Waals surface area contributed by atoms with Crippen molar-refractivity contribution >= 4 is 25.8 Å². The van der Waals surface area contributed by atoms with Crippen LogP contribution in [0.2, 0.25) is 0 Å². The van der Waals surface area contributed by atoms with Crippen LogP contribution in [0.15, 0.2) is 29.2 Å². The highest BCUT2D eigenvalue weighted by Crippen LogP contribution is 2.26. The first-order valence-corrected chi connectivity index (χ1v) is 14.4. The van der Waals surface area contributed by atoms with Crippen molar-refractivity contribution in [3.63, 3.8) is 0 Å². The average Bonchev–Trinajstić information content (AvgIpc) is 3.49. The molecular formula is C21H31N3O5S2. The summed E-state index contributed by atoms with van der Waals surface area (Å²) in [5.41, 5.74) is 0.489. The number of hydrogen-bond acceptors (Lipinski definition) is 6. The lowest BCUT2D eigenvalue weighted by Gasteiger charge is -2.28. The largest absolute Gasteiger partial charge is 0.334 e.